The third kappa shape index (κ3) is 3.63. The van der Waals surface area contributed by atoms with Crippen molar-refractivity contribution in [3.05, 3.63) is 29.8 Å². The van der Waals surface area contributed by atoms with Gasteiger partial charge in [-0.25, -0.2) is 9.69 Å². The van der Waals surface area contributed by atoms with Crippen LogP contribution in [0.15, 0.2) is 24.3 Å². The number of methoxy groups -OCH3 is 1. The molecule has 0 aromatic heterocycles. The molecule has 1 saturated carbocycles. The average Bonchev–Trinajstić information content (AvgIpc) is 2.83. The van der Waals surface area contributed by atoms with E-state index in [0.717, 1.165) is 37.0 Å². The number of hydrogen-bond donors (Lipinski definition) is 1. The van der Waals surface area contributed by atoms with Crippen LogP contribution in [0.3, 0.4) is 0 Å². The van der Waals surface area contributed by atoms with E-state index in [1.807, 2.05) is 36.2 Å². The van der Waals surface area contributed by atoms with E-state index < -0.39 is 5.54 Å². The van der Waals surface area contributed by atoms with Gasteiger partial charge in [0.2, 0.25) is 0 Å². The molecule has 1 heterocycles. The maximum atomic E-state index is 12.9. The van der Waals surface area contributed by atoms with Crippen LogP contribution in [0.5, 0.6) is 5.75 Å². The molecular weight excluding hydrogens is 318 g/mol. The molecule has 6 nitrogen and oxygen atoms in total. The van der Waals surface area contributed by atoms with Crippen LogP contribution in [0.2, 0.25) is 0 Å². The monoisotopic (exact) mass is 345 g/mol. The number of ether oxygens (including phenoxy) is 1. The zero-order valence-corrected chi connectivity index (χ0v) is 15.2. The lowest BCUT2D eigenvalue weighted by atomic mass is 9.77. The first-order chi connectivity index (χ1) is 11.9. The molecule has 0 radical (unpaired) electrons. The molecule has 6 heteroatoms. The molecule has 1 aliphatic heterocycles. The van der Waals surface area contributed by atoms with Crippen molar-refractivity contribution < 1.29 is 14.3 Å². The normalized spacial score (nSPS) is 26.4. The van der Waals surface area contributed by atoms with Gasteiger partial charge in [0, 0.05) is 6.54 Å². The highest BCUT2D eigenvalue weighted by Gasteiger charge is 2.52. The van der Waals surface area contributed by atoms with Gasteiger partial charge in [-0.3, -0.25) is 9.69 Å². The minimum absolute atomic E-state index is 0.0639. The third-order valence-corrected chi connectivity index (χ3v) is 5.37. The number of urea groups is 1. The Morgan fingerprint density at radius 1 is 1.24 bits per heavy atom. The van der Waals surface area contributed by atoms with Crippen LogP contribution in [0.25, 0.3) is 0 Å². The summed E-state index contributed by atoms with van der Waals surface area (Å²) in [5, 5.41) is 2.97. The summed E-state index contributed by atoms with van der Waals surface area (Å²) < 4.78 is 5.16. The molecule has 1 N–H and O–H groups in total. The smallest absolute Gasteiger partial charge is 0.326 e. The fraction of sp³-hybridized carbons (Fsp3) is 0.579. The number of nitrogens with one attached hydrogen (secondary N) is 1. The predicted molar refractivity (Wildman–Crippen MR) is 95.1 cm³/mol. The summed E-state index contributed by atoms with van der Waals surface area (Å²) in [5.41, 5.74) is 0.446. The summed E-state index contributed by atoms with van der Waals surface area (Å²) in [6.45, 7) is 3.16. The summed E-state index contributed by atoms with van der Waals surface area (Å²) in [4.78, 5) is 28.6. The Balaban J connectivity index is 1.61. The van der Waals surface area contributed by atoms with E-state index in [4.69, 9.17) is 4.74 Å². The molecule has 2 aliphatic rings. The maximum Gasteiger partial charge on any atom is 0.326 e. The van der Waals surface area contributed by atoms with Crippen LogP contribution in [0.4, 0.5) is 4.79 Å². The number of nitrogens with zero attached hydrogens (tertiary/aromatic N) is 2. The Morgan fingerprint density at radius 3 is 2.48 bits per heavy atom. The zero-order chi connectivity index (χ0) is 18.0. The fourth-order valence-corrected chi connectivity index (χ4v) is 3.73. The standard InChI is InChI=1S/C19H27N3O3/c1-14-8-10-19(11-9-14)17(23)22(18(24)20-19)13-21(2)12-15-4-6-16(25-3)7-5-15/h4-7,14H,8-13H2,1-3H3,(H,20,24). The summed E-state index contributed by atoms with van der Waals surface area (Å²) in [5.74, 6) is 1.38. The number of imide groups is 1. The molecule has 3 amide bonds. The quantitative estimate of drug-likeness (QED) is 0.833. The second-order valence-corrected chi connectivity index (χ2v) is 7.43. The Hall–Kier alpha value is -2.08. The topological polar surface area (TPSA) is 61.9 Å². The third-order valence-electron chi connectivity index (χ3n) is 5.37. The molecule has 1 aromatic carbocycles. The van der Waals surface area contributed by atoms with E-state index in [1.54, 1.807) is 7.11 Å². The molecule has 0 unspecified atom stereocenters. The number of carbonyl (C=O) groups excluding carboxylic acids is 2. The number of rotatable bonds is 5. The van der Waals surface area contributed by atoms with Crippen molar-refractivity contribution in [2.45, 2.75) is 44.7 Å². The van der Waals surface area contributed by atoms with Gasteiger partial charge in [-0.05, 0) is 56.3 Å². The van der Waals surface area contributed by atoms with Crippen molar-refractivity contribution >= 4 is 11.9 Å². The molecular formula is C19H27N3O3. The minimum Gasteiger partial charge on any atom is -0.497 e. The summed E-state index contributed by atoms with van der Waals surface area (Å²) in [6, 6.07) is 7.54. The lowest BCUT2D eigenvalue weighted by Gasteiger charge is -2.33. The molecule has 1 spiro atoms. The molecule has 0 atom stereocenters. The van der Waals surface area contributed by atoms with Crippen LogP contribution in [-0.4, -0.2) is 48.1 Å². The highest BCUT2D eigenvalue weighted by molar-refractivity contribution is 6.07. The van der Waals surface area contributed by atoms with Crippen LogP contribution < -0.4 is 10.1 Å². The summed E-state index contributed by atoms with van der Waals surface area (Å²) >= 11 is 0. The van der Waals surface area contributed by atoms with Gasteiger partial charge < -0.3 is 10.1 Å². The first-order valence-electron chi connectivity index (χ1n) is 8.89. The number of amides is 3. The van der Waals surface area contributed by atoms with Gasteiger partial charge in [0.05, 0.1) is 13.8 Å². The maximum absolute atomic E-state index is 12.9. The van der Waals surface area contributed by atoms with E-state index in [1.165, 1.54) is 4.90 Å². The molecule has 1 aromatic rings. The van der Waals surface area contributed by atoms with Gasteiger partial charge >= 0.3 is 6.03 Å². The van der Waals surface area contributed by atoms with Crippen molar-refractivity contribution in [3.8, 4) is 5.75 Å². The van der Waals surface area contributed by atoms with Gasteiger partial charge in [0.25, 0.3) is 5.91 Å². The second-order valence-electron chi connectivity index (χ2n) is 7.43. The molecule has 1 aliphatic carbocycles. The lowest BCUT2D eigenvalue weighted by Crippen LogP contribution is -2.49. The highest BCUT2D eigenvalue weighted by Crippen LogP contribution is 2.36. The van der Waals surface area contributed by atoms with Crippen molar-refractivity contribution in [2.75, 3.05) is 20.8 Å². The minimum atomic E-state index is -0.662. The number of carbonyl (C=O) groups is 2. The summed E-state index contributed by atoms with van der Waals surface area (Å²) in [6.07, 6.45) is 3.47. The fourth-order valence-electron chi connectivity index (χ4n) is 3.73. The van der Waals surface area contributed by atoms with Gasteiger partial charge in [-0.1, -0.05) is 19.1 Å². The van der Waals surface area contributed by atoms with E-state index in [2.05, 4.69) is 12.2 Å². The first-order valence-corrected chi connectivity index (χ1v) is 8.89. The van der Waals surface area contributed by atoms with Crippen molar-refractivity contribution in [1.82, 2.24) is 15.1 Å². The SMILES string of the molecule is COc1ccc(CN(C)CN2C(=O)NC3(CCC(C)CC3)C2=O)cc1. The van der Waals surface area contributed by atoms with Gasteiger partial charge in [-0.2, -0.15) is 0 Å². The lowest BCUT2D eigenvalue weighted by molar-refractivity contribution is -0.134. The molecule has 136 valence electrons. The Bertz CT molecular complexity index is 636. The summed E-state index contributed by atoms with van der Waals surface area (Å²) in [7, 11) is 3.55. The first kappa shape index (κ1) is 17.7. The number of benzene rings is 1. The predicted octanol–water partition coefficient (Wildman–Crippen LogP) is 2.59. The highest BCUT2D eigenvalue weighted by atomic mass is 16.5. The average molecular weight is 345 g/mol. The van der Waals surface area contributed by atoms with Gasteiger partial charge in [0.1, 0.15) is 11.3 Å². The van der Waals surface area contributed by atoms with Crippen molar-refractivity contribution in [3.63, 3.8) is 0 Å². The van der Waals surface area contributed by atoms with E-state index in [-0.39, 0.29) is 11.9 Å². The molecule has 25 heavy (non-hydrogen) atoms. The Kier molecular flexibility index (Phi) is 4.99. The van der Waals surface area contributed by atoms with E-state index >= 15 is 0 Å². The van der Waals surface area contributed by atoms with Crippen LogP contribution in [0, 0.1) is 5.92 Å². The Morgan fingerprint density at radius 2 is 1.88 bits per heavy atom. The van der Waals surface area contributed by atoms with Crippen LogP contribution in [-0.2, 0) is 11.3 Å². The molecule has 0 bridgehead atoms. The van der Waals surface area contributed by atoms with Gasteiger partial charge in [-0.15, -0.1) is 0 Å². The van der Waals surface area contributed by atoms with Crippen molar-refractivity contribution in [2.24, 2.45) is 5.92 Å². The van der Waals surface area contributed by atoms with E-state index in [9.17, 15) is 9.59 Å². The molecule has 3 rings (SSSR count). The second kappa shape index (κ2) is 7.04. The van der Waals surface area contributed by atoms with Crippen LogP contribution >= 0.6 is 0 Å². The molecule has 1 saturated heterocycles. The van der Waals surface area contributed by atoms with Gasteiger partial charge in [0.15, 0.2) is 0 Å². The van der Waals surface area contributed by atoms with Crippen LogP contribution in [0.1, 0.15) is 38.2 Å². The van der Waals surface area contributed by atoms with E-state index in [0.29, 0.717) is 19.1 Å². The molecule has 2 fully saturated rings. The zero-order valence-electron chi connectivity index (χ0n) is 15.2. The number of hydrogen-bond acceptors (Lipinski definition) is 4. The van der Waals surface area contributed by atoms with Crippen molar-refractivity contribution in [1.29, 1.82) is 0 Å². The Labute approximate surface area is 149 Å². The largest absolute Gasteiger partial charge is 0.497 e.